The fourth-order valence-electron chi connectivity index (χ4n) is 2.92. The van der Waals surface area contributed by atoms with Gasteiger partial charge >= 0.3 is 6.61 Å². The van der Waals surface area contributed by atoms with Crippen molar-refractivity contribution in [3.63, 3.8) is 0 Å². The number of aromatic nitrogens is 2. The molecule has 164 valence electrons. The number of alkyl halides is 2. The maximum atomic E-state index is 12.6. The number of carbonyl (C=O) groups excluding carboxylic acids is 2. The third-order valence-electron chi connectivity index (χ3n) is 4.33. The van der Waals surface area contributed by atoms with Crippen molar-refractivity contribution < 1.29 is 23.1 Å². The van der Waals surface area contributed by atoms with Crippen LogP contribution in [0, 0.1) is 13.8 Å². The van der Waals surface area contributed by atoms with Gasteiger partial charge in [-0.1, -0.05) is 11.6 Å². The van der Waals surface area contributed by atoms with Gasteiger partial charge in [0.25, 0.3) is 5.91 Å². The normalized spacial score (nSPS) is 12.0. The van der Waals surface area contributed by atoms with Crippen LogP contribution in [-0.2, 0) is 4.79 Å². The van der Waals surface area contributed by atoms with Gasteiger partial charge in [-0.15, -0.1) is 11.3 Å². The van der Waals surface area contributed by atoms with E-state index in [-0.39, 0.29) is 21.6 Å². The molecule has 0 saturated carbocycles. The lowest BCUT2D eigenvalue weighted by atomic mass is 10.2. The summed E-state index contributed by atoms with van der Waals surface area (Å²) >= 11 is 7.23. The highest BCUT2D eigenvalue weighted by Gasteiger charge is 2.20. The predicted octanol–water partition coefficient (Wildman–Crippen LogP) is 5.27. The van der Waals surface area contributed by atoms with Gasteiger partial charge < -0.3 is 15.4 Å². The summed E-state index contributed by atoms with van der Waals surface area (Å²) in [6, 6.07) is 7.13. The van der Waals surface area contributed by atoms with Gasteiger partial charge in [-0.3, -0.25) is 14.3 Å². The molecule has 0 radical (unpaired) electrons. The minimum absolute atomic E-state index is 0.00696. The van der Waals surface area contributed by atoms with Crippen LogP contribution in [-0.4, -0.2) is 28.2 Å². The molecule has 0 spiro atoms. The summed E-state index contributed by atoms with van der Waals surface area (Å²) in [5.41, 5.74) is 2.35. The van der Waals surface area contributed by atoms with Crippen LogP contribution in [0.4, 0.5) is 20.2 Å². The fourth-order valence-corrected chi connectivity index (χ4v) is 3.87. The smallest absolute Gasteiger partial charge is 0.387 e. The number of nitrogens with zero attached hydrogens (tertiary/aromatic N) is 2. The number of rotatable bonds is 7. The second kappa shape index (κ2) is 9.44. The van der Waals surface area contributed by atoms with Crippen LogP contribution in [0.1, 0.15) is 34.0 Å². The zero-order chi connectivity index (χ0) is 22.7. The van der Waals surface area contributed by atoms with Crippen molar-refractivity contribution in [3.8, 4) is 5.75 Å². The molecule has 7 nitrogen and oxygen atoms in total. The summed E-state index contributed by atoms with van der Waals surface area (Å²) in [4.78, 5) is 25.0. The number of ether oxygens (including phenoxy) is 1. The van der Waals surface area contributed by atoms with E-state index in [9.17, 15) is 18.4 Å². The van der Waals surface area contributed by atoms with Crippen molar-refractivity contribution in [2.45, 2.75) is 33.4 Å². The number of anilines is 2. The van der Waals surface area contributed by atoms with Crippen molar-refractivity contribution in [3.05, 3.63) is 57.0 Å². The van der Waals surface area contributed by atoms with Crippen LogP contribution in [0.2, 0.25) is 5.02 Å². The Morgan fingerprint density at radius 3 is 2.55 bits per heavy atom. The zero-order valence-corrected chi connectivity index (χ0v) is 18.4. The second-order valence-corrected chi connectivity index (χ2v) is 8.00. The highest BCUT2D eigenvalue weighted by Crippen LogP contribution is 2.30. The maximum absolute atomic E-state index is 12.6. The number of amides is 2. The molecule has 1 unspecified atom stereocenters. The molecule has 1 atom stereocenters. The van der Waals surface area contributed by atoms with Gasteiger partial charge in [-0.05, 0) is 56.5 Å². The molecule has 2 amide bonds. The van der Waals surface area contributed by atoms with Crippen LogP contribution in [0.25, 0.3) is 0 Å². The highest BCUT2D eigenvalue weighted by molar-refractivity contribution is 7.12. The molecule has 3 rings (SSSR count). The SMILES string of the molecule is Cc1cc(C)n(C(C)C(=O)Nc2ccc(NC(=O)c3sccc3OC(F)F)cc2Cl)n1. The molecule has 2 N–H and O–H groups in total. The van der Waals surface area contributed by atoms with Gasteiger partial charge in [0.1, 0.15) is 16.7 Å². The molecule has 11 heteroatoms. The molecule has 0 saturated heterocycles. The number of thiophene rings is 1. The van der Waals surface area contributed by atoms with E-state index in [1.807, 2.05) is 19.9 Å². The van der Waals surface area contributed by atoms with Crippen molar-refractivity contribution in [2.24, 2.45) is 0 Å². The second-order valence-electron chi connectivity index (χ2n) is 6.68. The monoisotopic (exact) mass is 468 g/mol. The molecular formula is C20H19ClF2N4O3S. The molecule has 0 aliphatic rings. The lowest BCUT2D eigenvalue weighted by Crippen LogP contribution is -2.25. The predicted molar refractivity (Wildman–Crippen MR) is 115 cm³/mol. The number of halogens is 3. The quantitative estimate of drug-likeness (QED) is 0.494. The number of aryl methyl sites for hydroxylation is 2. The van der Waals surface area contributed by atoms with Crippen molar-refractivity contribution >= 4 is 46.1 Å². The van der Waals surface area contributed by atoms with Crippen LogP contribution in [0.5, 0.6) is 5.75 Å². The van der Waals surface area contributed by atoms with Crippen LogP contribution in [0.15, 0.2) is 35.7 Å². The van der Waals surface area contributed by atoms with E-state index in [4.69, 9.17) is 11.6 Å². The molecular weight excluding hydrogens is 450 g/mol. The molecule has 0 fully saturated rings. The standard InChI is InChI=1S/C20H19ClF2N4O3S/c1-10-8-11(2)27(26-10)12(3)18(28)25-15-5-4-13(9-14(15)21)24-19(29)17-16(6-7-31-17)30-20(22)23/h4-9,12,20H,1-3H3,(H,24,29)(H,25,28). The van der Waals surface area contributed by atoms with E-state index >= 15 is 0 Å². The van der Waals surface area contributed by atoms with Gasteiger partial charge in [0.05, 0.1) is 16.4 Å². The van der Waals surface area contributed by atoms with Crippen LogP contribution in [0.3, 0.4) is 0 Å². The van der Waals surface area contributed by atoms with Gasteiger partial charge in [0.15, 0.2) is 0 Å². The summed E-state index contributed by atoms with van der Waals surface area (Å²) in [6.07, 6.45) is 0. The number of carbonyl (C=O) groups is 2. The molecule has 0 aliphatic heterocycles. The summed E-state index contributed by atoms with van der Waals surface area (Å²) in [7, 11) is 0. The molecule has 3 aromatic rings. The third kappa shape index (κ3) is 5.39. The summed E-state index contributed by atoms with van der Waals surface area (Å²) in [6.45, 7) is 2.39. The molecule has 0 aliphatic carbocycles. The Balaban J connectivity index is 1.69. The van der Waals surface area contributed by atoms with Gasteiger partial charge in [-0.25, -0.2) is 0 Å². The number of hydrogen-bond donors (Lipinski definition) is 2. The average Bonchev–Trinajstić information content (AvgIpc) is 3.28. The summed E-state index contributed by atoms with van der Waals surface area (Å²) in [5, 5.41) is 11.3. The molecule has 1 aromatic carbocycles. The Kier molecular flexibility index (Phi) is 6.91. The summed E-state index contributed by atoms with van der Waals surface area (Å²) < 4.78 is 30.9. The zero-order valence-electron chi connectivity index (χ0n) is 16.8. The number of benzene rings is 1. The lowest BCUT2D eigenvalue weighted by molar-refractivity contribution is -0.119. The summed E-state index contributed by atoms with van der Waals surface area (Å²) in [5.74, 6) is -1.13. The van der Waals surface area contributed by atoms with E-state index < -0.39 is 18.6 Å². The highest BCUT2D eigenvalue weighted by atomic mass is 35.5. The number of hydrogen-bond acceptors (Lipinski definition) is 5. The Morgan fingerprint density at radius 1 is 1.19 bits per heavy atom. The van der Waals surface area contributed by atoms with Gasteiger partial charge in [0, 0.05) is 11.4 Å². The molecule has 2 heterocycles. The van der Waals surface area contributed by atoms with Crippen molar-refractivity contribution in [1.29, 1.82) is 0 Å². The topological polar surface area (TPSA) is 85.2 Å². The lowest BCUT2D eigenvalue weighted by Gasteiger charge is -2.16. The molecule has 0 bridgehead atoms. The average molecular weight is 469 g/mol. The van der Waals surface area contributed by atoms with E-state index in [1.165, 1.54) is 29.6 Å². The van der Waals surface area contributed by atoms with Crippen LogP contribution < -0.4 is 15.4 Å². The minimum atomic E-state index is -3.03. The first-order chi connectivity index (χ1) is 14.7. The largest absolute Gasteiger partial charge is 0.433 e. The third-order valence-corrected chi connectivity index (χ3v) is 5.53. The molecule has 2 aromatic heterocycles. The van der Waals surface area contributed by atoms with Gasteiger partial charge in [-0.2, -0.15) is 13.9 Å². The van der Waals surface area contributed by atoms with Crippen LogP contribution >= 0.6 is 22.9 Å². The van der Waals surface area contributed by atoms with E-state index in [1.54, 1.807) is 11.6 Å². The first kappa shape index (κ1) is 22.7. The Morgan fingerprint density at radius 2 is 1.94 bits per heavy atom. The van der Waals surface area contributed by atoms with E-state index in [0.29, 0.717) is 11.4 Å². The van der Waals surface area contributed by atoms with E-state index in [0.717, 1.165) is 22.7 Å². The fraction of sp³-hybridized carbons (Fsp3) is 0.250. The maximum Gasteiger partial charge on any atom is 0.387 e. The van der Waals surface area contributed by atoms with Gasteiger partial charge in [0.2, 0.25) is 5.91 Å². The molecule has 31 heavy (non-hydrogen) atoms. The van der Waals surface area contributed by atoms with Crippen molar-refractivity contribution in [2.75, 3.05) is 10.6 Å². The Bertz CT molecular complexity index is 1120. The minimum Gasteiger partial charge on any atom is -0.433 e. The van der Waals surface area contributed by atoms with Crippen molar-refractivity contribution in [1.82, 2.24) is 9.78 Å². The Hall–Kier alpha value is -2.98. The Labute approximate surface area is 186 Å². The number of nitrogens with one attached hydrogen (secondary N) is 2. The first-order valence-corrected chi connectivity index (χ1v) is 10.4. The first-order valence-electron chi connectivity index (χ1n) is 9.12. The van der Waals surface area contributed by atoms with E-state index in [2.05, 4.69) is 20.5 Å².